The quantitative estimate of drug-likeness (QED) is 0.631. The van der Waals surface area contributed by atoms with Crippen molar-refractivity contribution in [2.75, 3.05) is 0 Å². The monoisotopic (exact) mass is 268 g/mol. The number of rotatable bonds is 4. The Kier molecular flexibility index (Phi) is 3.52. The largest absolute Gasteiger partial charge is 0.486 e. The third-order valence-corrected chi connectivity index (χ3v) is 3.08. The maximum atomic E-state index is 13.3. The molecule has 2 aromatic rings. The molecule has 0 unspecified atom stereocenters. The van der Waals surface area contributed by atoms with Crippen molar-refractivity contribution in [3.05, 3.63) is 50.2 Å². The Hall–Kier alpha value is -2.02. The van der Waals surface area contributed by atoms with Crippen LogP contribution in [0, 0.1) is 22.9 Å². The molecule has 0 atom stereocenters. The molecule has 0 fully saturated rings. The van der Waals surface area contributed by atoms with Gasteiger partial charge >= 0.3 is 5.69 Å². The Morgan fingerprint density at radius 1 is 1.56 bits per heavy atom. The maximum absolute atomic E-state index is 13.3. The van der Waals surface area contributed by atoms with Gasteiger partial charge in [0.25, 0.3) is 0 Å². The first-order valence-corrected chi connectivity index (χ1v) is 5.92. The number of ether oxygens (including phenoxy) is 1. The van der Waals surface area contributed by atoms with Gasteiger partial charge in [-0.1, -0.05) is 0 Å². The molecule has 0 N–H and O–H groups in total. The molecule has 18 heavy (non-hydrogen) atoms. The van der Waals surface area contributed by atoms with Gasteiger partial charge in [-0.25, -0.2) is 4.98 Å². The van der Waals surface area contributed by atoms with E-state index in [1.807, 2.05) is 12.3 Å². The lowest BCUT2D eigenvalue weighted by molar-refractivity contribution is -0.387. The lowest BCUT2D eigenvalue weighted by atomic mass is 10.3. The summed E-state index contributed by atoms with van der Waals surface area (Å²) in [5, 5.41) is 13.1. The van der Waals surface area contributed by atoms with Crippen LogP contribution >= 0.6 is 11.3 Å². The molecule has 0 radical (unpaired) electrons. The first kappa shape index (κ1) is 12.4. The molecule has 94 valence electrons. The summed E-state index contributed by atoms with van der Waals surface area (Å²) < 4.78 is 18.6. The number of benzene rings is 1. The van der Waals surface area contributed by atoms with E-state index in [2.05, 4.69) is 4.98 Å². The Morgan fingerprint density at radius 2 is 2.33 bits per heavy atom. The highest BCUT2D eigenvalue weighted by molar-refractivity contribution is 7.09. The minimum atomic E-state index is -0.909. The summed E-state index contributed by atoms with van der Waals surface area (Å²) >= 11 is 1.44. The van der Waals surface area contributed by atoms with Crippen LogP contribution < -0.4 is 4.74 Å². The molecule has 0 bridgehead atoms. The van der Waals surface area contributed by atoms with Gasteiger partial charge in [0.1, 0.15) is 17.4 Å². The molecular formula is C11H9FN2O3S. The molecule has 0 saturated heterocycles. The van der Waals surface area contributed by atoms with Crippen LogP contribution in [0.25, 0.3) is 0 Å². The van der Waals surface area contributed by atoms with Gasteiger partial charge in [-0.3, -0.25) is 10.1 Å². The number of nitro groups is 1. The van der Waals surface area contributed by atoms with Crippen molar-refractivity contribution in [3.8, 4) is 5.75 Å². The summed E-state index contributed by atoms with van der Waals surface area (Å²) in [6.45, 7) is 2.08. The summed E-state index contributed by atoms with van der Waals surface area (Å²) in [7, 11) is 0. The molecular weight excluding hydrogens is 259 g/mol. The Labute approximate surface area is 106 Å². The number of aryl methyl sites for hydroxylation is 1. The van der Waals surface area contributed by atoms with Gasteiger partial charge in [-0.2, -0.15) is 4.39 Å². The molecule has 0 aliphatic rings. The molecule has 2 rings (SSSR count). The summed E-state index contributed by atoms with van der Waals surface area (Å²) in [4.78, 5) is 13.8. The van der Waals surface area contributed by atoms with Crippen molar-refractivity contribution < 1.29 is 14.1 Å². The van der Waals surface area contributed by atoms with E-state index in [4.69, 9.17) is 4.74 Å². The van der Waals surface area contributed by atoms with E-state index in [9.17, 15) is 14.5 Å². The summed E-state index contributed by atoms with van der Waals surface area (Å²) in [5.41, 5.74) is 0.334. The Bertz CT molecular complexity index is 585. The molecule has 0 spiro atoms. The average Bonchev–Trinajstić information content (AvgIpc) is 2.72. The van der Waals surface area contributed by atoms with Crippen LogP contribution in [0.3, 0.4) is 0 Å². The average molecular weight is 268 g/mol. The predicted octanol–water partition coefficient (Wildman–Crippen LogP) is 3.08. The lowest BCUT2D eigenvalue weighted by Crippen LogP contribution is -1.97. The number of thiazole rings is 1. The zero-order valence-corrected chi connectivity index (χ0v) is 10.2. The minimum Gasteiger partial charge on any atom is -0.486 e. The number of aromatic nitrogens is 1. The van der Waals surface area contributed by atoms with E-state index < -0.39 is 16.4 Å². The number of hydrogen-bond acceptors (Lipinski definition) is 5. The standard InChI is InChI=1S/C11H9FN2O3S/c1-7-6-18-11(13-7)5-17-8-2-3-10(14(15)16)9(12)4-8/h2-4,6H,5H2,1H3. The van der Waals surface area contributed by atoms with Crippen molar-refractivity contribution >= 4 is 17.0 Å². The summed E-state index contributed by atoms with van der Waals surface area (Å²) in [6.07, 6.45) is 0. The maximum Gasteiger partial charge on any atom is 0.305 e. The molecule has 7 heteroatoms. The predicted molar refractivity (Wildman–Crippen MR) is 64.2 cm³/mol. The second-order valence-electron chi connectivity index (χ2n) is 3.54. The molecule has 0 aliphatic carbocycles. The molecule has 0 aliphatic heterocycles. The van der Waals surface area contributed by atoms with E-state index in [1.165, 1.54) is 17.4 Å². The Balaban J connectivity index is 2.06. The lowest BCUT2D eigenvalue weighted by Gasteiger charge is -2.03. The van der Waals surface area contributed by atoms with Crippen LogP contribution in [-0.2, 0) is 6.61 Å². The van der Waals surface area contributed by atoms with Gasteiger partial charge in [-0.15, -0.1) is 11.3 Å². The number of nitro benzene ring substituents is 1. The second-order valence-corrected chi connectivity index (χ2v) is 4.48. The van der Waals surface area contributed by atoms with Crippen molar-refractivity contribution in [3.63, 3.8) is 0 Å². The van der Waals surface area contributed by atoms with Crippen LogP contribution in [0.15, 0.2) is 23.6 Å². The van der Waals surface area contributed by atoms with Crippen molar-refractivity contribution in [2.24, 2.45) is 0 Å². The van der Waals surface area contributed by atoms with E-state index in [0.29, 0.717) is 0 Å². The van der Waals surface area contributed by atoms with Gasteiger partial charge in [-0.05, 0) is 13.0 Å². The summed E-state index contributed by atoms with van der Waals surface area (Å²) in [6, 6.07) is 3.44. The molecule has 0 amide bonds. The van der Waals surface area contributed by atoms with Crippen molar-refractivity contribution in [2.45, 2.75) is 13.5 Å². The molecule has 1 aromatic carbocycles. The smallest absolute Gasteiger partial charge is 0.305 e. The van der Waals surface area contributed by atoms with Gasteiger partial charge in [0.15, 0.2) is 0 Å². The third-order valence-electron chi connectivity index (χ3n) is 2.14. The zero-order chi connectivity index (χ0) is 13.1. The minimum absolute atomic E-state index is 0.218. The third kappa shape index (κ3) is 2.80. The fraction of sp³-hybridized carbons (Fsp3) is 0.182. The van der Waals surface area contributed by atoms with Crippen LogP contribution in [-0.4, -0.2) is 9.91 Å². The fourth-order valence-electron chi connectivity index (χ4n) is 1.34. The zero-order valence-electron chi connectivity index (χ0n) is 9.42. The molecule has 1 heterocycles. The van der Waals surface area contributed by atoms with E-state index in [1.54, 1.807) is 0 Å². The molecule has 1 aromatic heterocycles. The summed E-state index contributed by atoms with van der Waals surface area (Å²) in [5.74, 6) is -0.668. The van der Waals surface area contributed by atoms with Crippen LogP contribution in [0.2, 0.25) is 0 Å². The van der Waals surface area contributed by atoms with Gasteiger partial charge in [0.05, 0.1) is 4.92 Å². The topological polar surface area (TPSA) is 65.3 Å². The van der Waals surface area contributed by atoms with Crippen molar-refractivity contribution in [1.82, 2.24) is 4.98 Å². The number of halogens is 1. The van der Waals surface area contributed by atoms with Crippen LogP contribution in [0.5, 0.6) is 5.75 Å². The SMILES string of the molecule is Cc1csc(COc2ccc([N+](=O)[O-])c(F)c2)n1. The van der Waals surface area contributed by atoms with E-state index >= 15 is 0 Å². The first-order valence-electron chi connectivity index (χ1n) is 5.04. The van der Waals surface area contributed by atoms with Crippen LogP contribution in [0.1, 0.15) is 10.7 Å². The number of hydrogen-bond donors (Lipinski definition) is 0. The first-order chi connectivity index (χ1) is 8.56. The van der Waals surface area contributed by atoms with Gasteiger partial charge in [0.2, 0.25) is 5.82 Å². The van der Waals surface area contributed by atoms with E-state index in [0.717, 1.165) is 22.8 Å². The van der Waals surface area contributed by atoms with Crippen LogP contribution in [0.4, 0.5) is 10.1 Å². The molecule has 0 saturated carbocycles. The van der Waals surface area contributed by atoms with Crippen molar-refractivity contribution in [1.29, 1.82) is 0 Å². The Morgan fingerprint density at radius 3 is 2.89 bits per heavy atom. The van der Waals surface area contributed by atoms with Gasteiger partial charge in [0, 0.05) is 23.2 Å². The highest BCUT2D eigenvalue weighted by Gasteiger charge is 2.14. The highest BCUT2D eigenvalue weighted by atomic mass is 32.1. The normalized spacial score (nSPS) is 10.3. The highest BCUT2D eigenvalue weighted by Crippen LogP contribution is 2.23. The second kappa shape index (κ2) is 5.09. The number of nitrogens with zero attached hydrogens (tertiary/aromatic N) is 2. The fourth-order valence-corrected chi connectivity index (χ4v) is 2.02. The van der Waals surface area contributed by atoms with E-state index in [-0.39, 0.29) is 12.4 Å². The molecule has 5 nitrogen and oxygen atoms in total. The van der Waals surface area contributed by atoms with Gasteiger partial charge < -0.3 is 4.74 Å².